The molecule has 5 nitrogen and oxygen atoms in total. The largest absolute Gasteiger partial charge is 0.483 e. The van der Waals surface area contributed by atoms with Gasteiger partial charge < -0.3 is 15.2 Å². The molecule has 1 aliphatic carbocycles. The van der Waals surface area contributed by atoms with Crippen LogP contribution in [0.4, 0.5) is 0 Å². The zero-order chi connectivity index (χ0) is 16.9. The van der Waals surface area contributed by atoms with Gasteiger partial charge in [-0.3, -0.25) is 4.79 Å². The fraction of sp³-hybridized carbons (Fsp3) is 0.368. The molecule has 0 heterocycles. The van der Waals surface area contributed by atoms with Gasteiger partial charge in [0.15, 0.2) is 6.61 Å². The van der Waals surface area contributed by atoms with Crippen LogP contribution in [0.3, 0.4) is 0 Å². The summed E-state index contributed by atoms with van der Waals surface area (Å²) in [6.07, 6.45) is 5.51. The summed E-state index contributed by atoms with van der Waals surface area (Å²) in [7, 11) is 0. The predicted octanol–water partition coefficient (Wildman–Crippen LogP) is 3.37. The first kappa shape index (κ1) is 16.3. The molecule has 1 amide bonds. The number of nitrogens with one attached hydrogen (secondary N) is 1. The van der Waals surface area contributed by atoms with E-state index in [0.29, 0.717) is 0 Å². The number of hydrogen-bond donors (Lipinski definition) is 2. The van der Waals surface area contributed by atoms with Crippen molar-refractivity contribution in [3.63, 3.8) is 0 Å². The molecule has 2 N–H and O–H groups in total. The smallest absolute Gasteiger partial charge is 0.339 e. The van der Waals surface area contributed by atoms with Crippen LogP contribution in [0.5, 0.6) is 5.75 Å². The normalized spacial score (nSPS) is 15.2. The number of rotatable bonds is 5. The molecule has 0 spiro atoms. The van der Waals surface area contributed by atoms with Crippen molar-refractivity contribution in [2.24, 2.45) is 0 Å². The van der Waals surface area contributed by atoms with Crippen LogP contribution >= 0.6 is 0 Å². The number of aromatic carboxylic acids is 1. The predicted molar refractivity (Wildman–Crippen MR) is 91.4 cm³/mol. The monoisotopic (exact) mass is 327 g/mol. The van der Waals surface area contributed by atoms with Gasteiger partial charge in [-0.05, 0) is 35.7 Å². The van der Waals surface area contributed by atoms with Crippen molar-refractivity contribution in [2.45, 2.75) is 38.1 Å². The Balaban J connectivity index is 1.70. The highest BCUT2D eigenvalue weighted by molar-refractivity contribution is 5.97. The second-order valence-corrected chi connectivity index (χ2v) is 6.19. The summed E-state index contributed by atoms with van der Waals surface area (Å²) in [6.45, 7) is -0.172. The highest BCUT2D eigenvalue weighted by Gasteiger charge is 2.17. The minimum Gasteiger partial charge on any atom is -0.483 e. The summed E-state index contributed by atoms with van der Waals surface area (Å²) < 4.78 is 5.52. The lowest BCUT2D eigenvalue weighted by atomic mass is 9.95. The van der Waals surface area contributed by atoms with E-state index in [0.717, 1.165) is 36.5 Å². The minimum absolute atomic E-state index is 0.0687. The van der Waals surface area contributed by atoms with Gasteiger partial charge in [-0.25, -0.2) is 4.79 Å². The van der Waals surface area contributed by atoms with Crippen LogP contribution in [0.25, 0.3) is 10.8 Å². The average molecular weight is 327 g/mol. The fourth-order valence-corrected chi connectivity index (χ4v) is 3.17. The van der Waals surface area contributed by atoms with Gasteiger partial charge in [0.05, 0.1) is 0 Å². The second kappa shape index (κ2) is 7.34. The maximum Gasteiger partial charge on any atom is 0.339 e. The molecule has 0 saturated heterocycles. The summed E-state index contributed by atoms with van der Waals surface area (Å²) in [4.78, 5) is 23.5. The lowest BCUT2D eigenvalue weighted by Crippen LogP contribution is -2.39. The van der Waals surface area contributed by atoms with E-state index >= 15 is 0 Å². The Hall–Kier alpha value is -2.56. The number of hydrogen-bond acceptors (Lipinski definition) is 3. The lowest BCUT2D eigenvalue weighted by molar-refractivity contribution is -0.124. The number of carboxylic acid groups (broad SMARTS) is 1. The molecule has 0 bridgehead atoms. The quantitative estimate of drug-likeness (QED) is 0.883. The van der Waals surface area contributed by atoms with Crippen molar-refractivity contribution in [3.05, 3.63) is 42.0 Å². The van der Waals surface area contributed by atoms with E-state index in [1.54, 1.807) is 12.1 Å². The molecule has 0 radical (unpaired) electrons. The molecule has 1 aliphatic rings. The zero-order valence-corrected chi connectivity index (χ0v) is 13.5. The minimum atomic E-state index is -1.07. The molecule has 0 atom stereocenters. The Labute approximate surface area is 140 Å². The summed E-state index contributed by atoms with van der Waals surface area (Å²) in [5, 5.41) is 14.0. The number of carboxylic acids is 1. The number of amides is 1. The average Bonchev–Trinajstić information content (AvgIpc) is 2.60. The van der Waals surface area contributed by atoms with E-state index in [4.69, 9.17) is 4.74 Å². The summed E-state index contributed by atoms with van der Waals surface area (Å²) in [5.41, 5.74) is 0.0687. The molecule has 1 fully saturated rings. The lowest BCUT2D eigenvalue weighted by Gasteiger charge is -2.22. The molecule has 3 rings (SSSR count). The molecule has 2 aromatic carbocycles. The van der Waals surface area contributed by atoms with Gasteiger partial charge in [-0.2, -0.15) is 0 Å². The molecule has 2 aromatic rings. The molecular formula is C19H21NO4. The van der Waals surface area contributed by atoms with Crippen molar-refractivity contribution < 1.29 is 19.4 Å². The zero-order valence-electron chi connectivity index (χ0n) is 13.5. The van der Waals surface area contributed by atoms with Crippen LogP contribution in [0.15, 0.2) is 36.4 Å². The first-order valence-corrected chi connectivity index (χ1v) is 8.32. The van der Waals surface area contributed by atoms with E-state index < -0.39 is 5.97 Å². The van der Waals surface area contributed by atoms with Crippen LogP contribution in [-0.2, 0) is 4.79 Å². The van der Waals surface area contributed by atoms with E-state index in [1.165, 1.54) is 6.42 Å². The van der Waals surface area contributed by atoms with Crippen LogP contribution < -0.4 is 10.1 Å². The number of carbonyl (C=O) groups is 2. The van der Waals surface area contributed by atoms with E-state index in [-0.39, 0.29) is 29.9 Å². The number of ether oxygens (including phenoxy) is 1. The molecule has 0 aromatic heterocycles. The molecule has 24 heavy (non-hydrogen) atoms. The third-order valence-electron chi connectivity index (χ3n) is 4.41. The second-order valence-electron chi connectivity index (χ2n) is 6.19. The highest BCUT2D eigenvalue weighted by atomic mass is 16.5. The molecular weight excluding hydrogens is 306 g/mol. The van der Waals surface area contributed by atoms with Gasteiger partial charge in [0.2, 0.25) is 0 Å². The Morgan fingerprint density at radius 2 is 1.75 bits per heavy atom. The summed E-state index contributed by atoms with van der Waals surface area (Å²) >= 11 is 0. The highest BCUT2D eigenvalue weighted by Crippen LogP contribution is 2.26. The number of benzene rings is 2. The van der Waals surface area contributed by atoms with Crippen molar-refractivity contribution in [2.75, 3.05) is 6.61 Å². The van der Waals surface area contributed by atoms with Gasteiger partial charge in [0.1, 0.15) is 11.3 Å². The SMILES string of the molecule is O=C(COc1cc2ccccc2cc1C(=O)O)NC1CCCCC1. The first-order valence-electron chi connectivity index (χ1n) is 8.32. The summed E-state index contributed by atoms with van der Waals surface area (Å²) in [5.74, 6) is -1.05. The Kier molecular flexibility index (Phi) is 4.99. The van der Waals surface area contributed by atoms with E-state index in [2.05, 4.69) is 5.32 Å². The Morgan fingerprint density at radius 3 is 2.42 bits per heavy atom. The summed E-state index contributed by atoms with van der Waals surface area (Å²) in [6, 6.07) is 10.9. The van der Waals surface area contributed by atoms with Gasteiger partial charge >= 0.3 is 5.97 Å². The van der Waals surface area contributed by atoms with Crippen LogP contribution in [0, 0.1) is 0 Å². The maximum atomic E-state index is 12.0. The fourth-order valence-electron chi connectivity index (χ4n) is 3.17. The van der Waals surface area contributed by atoms with Gasteiger partial charge in [0.25, 0.3) is 5.91 Å². The Morgan fingerprint density at radius 1 is 1.08 bits per heavy atom. The van der Waals surface area contributed by atoms with Crippen LogP contribution in [0.2, 0.25) is 0 Å². The standard InChI is InChI=1S/C19H21NO4/c21-18(20-15-8-2-1-3-9-15)12-24-17-11-14-7-5-4-6-13(14)10-16(17)19(22)23/h4-7,10-11,15H,1-3,8-9,12H2,(H,20,21)(H,22,23). The number of fused-ring (bicyclic) bond motifs is 1. The van der Waals surface area contributed by atoms with Crippen molar-refractivity contribution >= 4 is 22.6 Å². The van der Waals surface area contributed by atoms with Gasteiger partial charge in [-0.15, -0.1) is 0 Å². The van der Waals surface area contributed by atoms with E-state index in [1.807, 2.05) is 24.3 Å². The van der Waals surface area contributed by atoms with Crippen molar-refractivity contribution in [3.8, 4) is 5.75 Å². The molecule has 1 saturated carbocycles. The molecule has 5 heteroatoms. The number of carbonyl (C=O) groups excluding carboxylic acids is 1. The van der Waals surface area contributed by atoms with E-state index in [9.17, 15) is 14.7 Å². The molecule has 0 unspecified atom stereocenters. The topological polar surface area (TPSA) is 75.6 Å². The first-order chi connectivity index (χ1) is 11.6. The van der Waals surface area contributed by atoms with Crippen LogP contribution in [-0.4, -0.2) is 29.6 Å². The van der Waals surface area contributed by atoms with Gasteiger partial charge in [0, 0.05) is 6.04 Å². The Bertz CT molecular complexity index is 750. The third-order valence-corrected chi connectivity index (χ3v) is 4.41. The molecule has 126 valence electrons. The molecule has 0 aliphatic heterocycles. The maximum absolute atomic E-state index is 12.0. The third kappa shape index (κ3) is 3.85. The van der Waals surface area contributed by atoms with Crippen LogP contribution in [0.1, 0.15) is 42.5 Å². The van der Waals surface area contributed by atoms with Gasteiger partial charge in [-0.1, -0.05) is 43.5 Å². The van der Waals surface area contributed by atoms with Crippen molar-refractivity contribution in [1.29, 1.82) is 0 Å². The van der Waals surface area contributed by atoms with Crippen molar-refractivity contribution in [1.82, 2.24) is 5.32 Å².